The van der Waals surface area contributed by atoms with E-state index in [1.165, 1.54) is 5.56 Å². The van der Waals surface area contributed by atoms with Gasteiger partial charge in [0.1, 0.15) is 0 Å². The Bertz CT molecular complexity index is 980. The number of piperazine rings is 1. The van der Waals surface area contributed by atoms with E-state index in [1.54, 1.807) is 24.3 Å². The zero-order valence-electron chi connectivity index (χ0n) is 16.8. The highest BCUT2D eigenvalue weighted by Crippen LogP contribution is 2.14. The molecule has 2 amide bonds. The zero-order valence-corrected chi connectivity index (χ0v) is 16.8. The van der Waals surface area contributed by atoms with Gasteiger partial charge in [-0.1, -0.05) is 48.5 Å². The van der Waals surface area contributed by atoms with Crippen molar-refractivity contribution < 1.29 is 9.59 Å². The lowest BCUT2D eigenvalue weighted by molar-refractivity contribution is 0.0628. The van der Waals surface area contributed by atoms with Crippen LogP contribution in [0.25, 0.3) is 0 Å². The Morgan fingerprint density at radius 2 is 1.27 bits per heavy atom. The van der Waals surface area contributed by atoms with Gasteiger partial charge in [-0.3, -0.25) is 14.5 Å². The van der Waals surface area contributed by atoms with E-state index in [0.717, 1.165) is 25.3 Å². The third-order valence-electron chi connectivity index (χ3n) is 5.33. The quantitative estimate of drug-likeness (QED) is 0.708. The number of anilines is 1. The molecule has 0 bridgehead atoms. The summed E-state index contributed by atoms with van der Waals surface area (Å²) in [6.45, 7) is 4.05. The normalized spacial score (nSPS) is 14.3. The van der Waals surface area contributed by atoms with Crippen LogP contribution in [0.4, 0.5) is 5.69 Å². The SMILES string of the molecule is O=C(Nc1ccccc1)c1ccc(C(=O)N2CCN(Cc3ccccc3)CC2)cc1. The molecule has 1 aliphatic rings. The molecule has 3 aromatic carbocycles. The third-order valence-corrected chi connectivity index (χ3v) is 5.33. The molecule has 1 fully saturated rings. The summed E-state index contributed by atoms with van der Waals surface area (Å²) in [5.74, 6) is -0.167. The maximum absolute atomic E-state index is 12.8. The van der Waals surface area contributed by atoms with E-state index in [2.05, 4.69) is 34.5 Å². The Morgan fingerprint density at radius 1 is 0.700 bits per heavy atom. The molecule has 5 nitrogen and oxygen atoms in total. The Balaban J connectivity index is 1.31. The van der Waals surface area contributed by atoms with Crippen LogP contribution in [-0.4, -0.2) is 47.8 Å². The molecule has 0 aliphatic carbocycles. The van der Waals surface area contributed by atoms with Gasteiger partial charge in [-0.2, -0.15) is 0 Å². The van der Waals surface area contributed by atoms with Crippen molar-refractivity contribution in [2.24, 2.45) is 0 Å². The molecule has 0 radical (unpaired) electrons. The van der Waals surface area contributed by atoms with Crippen LogP contribution < -0.4 is 5.32 Å². The minimum atomic E-state index is -0.185. The molecule has 30 heavy (non-hydrogen) atoms. The topological polar surface area (TPSA) is 52.7 Å². The van der Waals surface area contributed by atoms with Crippen molar-refractivity contribution in [1.29, 1.82) is 0 Å². The molecule has 0 spiro atoms. The molecular weight excluding hydrogens is 374 g/mol. The van der Waals surface area contributed by atoms with Gasteiger partial charge >= 0.3 is 0 Å². The van der Waals surface area contributed by atoms with Gasteiger partial charge in [-0.05, 0) is 42.0 Å². The lowest BCUT2D eigenvalue weighted by atomic mass is 10.1. The molecule has 0 unspecified atom stereocenters. The van der Waals surface area contributed by atoms with Crippen molar-refractivity contribution >= 4 is 17.5 Å². The molecule has 5 heteroatoms. The third kappa shape index (κ3) is 4.93. The second kappa shape index (κ2) is 9.37. The number of nitrogens with zero attached hydrogens (tertiary/aromatic N) is 2. The minimum Gasteiger partial charge on any atom is -0.336 e. The van der Waals surface area contributed by atoms with Crippen LogP contribution in [0.3, 0.4) is 0 Å². The summed E-state index contributed by atoms with van der Waals surface area (Å²) < 4.78 is 0. The molecule has 1 N–H and O–H groups in total. The molecule has 3 aromatic rings. The van der Waals surface area contributed by atoms with E-state index in [9.17, 15) is 9.59 Å². The van der Waals surface area contributed by atoms with E-state index in [-0.39, 0.29) is 11.8 Å². The average molecular weight is 399 g/mol. The first-order valence-electron chi connectivity index (χ1n) is 10.2. The van der Waals surface area contributed by atoms with Gasteiger partial charge in [0, 0.05) is 49.5 Å². The van der Waals surface area contributed by atoms with Crippen LogP contribution in [0.2, 0.25) is 0 Å². The maximum atomic E-state index is 12.8. The van der Waals surface area contributed by atoms with Gasteiger partial charge < -0.3 is 10.2 Å². The highest BCUT2D eigenvalue weighted by molar-refractivity contribution is 6.05. The van der Waals surface area contributed by atoms with Crippen molar-refractivity contribution in [3.8, 4) is 0 Å². The van der Waals surface area contributed by atoms with Gasteiger partial charge in [0.15, 0.2) is 0 Å². The summed E-state index contributed by atoms with van der Waals surface area (Å²) in [6.07, 6.45) is 0. The van der Waals surface area contributed by atoms with Crippen molar-refractivity contribution in [3.63, 3.8) is 0 Å². The second-order valence-corrected chi connectivity index (χ2v) is 7.45. The molecule has 1 saturated heterocycles. The van der Waals surface area contributed by atoms with Crippen LogP contribution in [0.5, 0.6) is 0 Å². The summed E-state index contributed by atoms with van der Waals surface area (Å²) >= 11 is 0. The predicted octanol–water partition coefficient (Wildman–Crippen LogP) is 3.90. The molecule has 1 aliphatic heterocycles. The van der Waals surface area contributed by atoms with Crippen molar-refractivity contribution in [2.75, 3.05) is 31.5 Å². The monoisotopic (exact) mass is 399 g/mol. The van der Waals surface area contributed by atoms with Crippen LogP contribution in [0.1, 0.15) is 26.3 Å². The largest absolute Gasteiger partial charge is 0.336 e. The van der Waals surface area contributed by atoms with Gasteiger partial charge in [0.05, 0.1) is 0 Å². The molecule has 1 heterocycles. The molecule has 0 atom stereocenters. The molecule has 0 saturated carbocycles. The minimum absolute atomic E-state index is 0.0179. The number of hydrogen-bond donors (Lipinski definition) is 1. The fourth-order valence-electron chi connectivity index (χ4n) is 3.62. The van der Waals surface area contributed by atoms with E-state index >= 15 is 0 Å². The Kier molecular flexibility index (Phi) is 6.20. The lowest BCUT2D eigenvalue weighted by Gasteiger charge is -2.34. The molecule has 0 aromatic heterocycles. The van der Waals surface area contributed by atoms with Gasteiger partial charge in [0.2, 0.25) is 0 Å². The fraction of sp³-hybridized carbons (Fsp3) is 0.200. The predicted molar refractivity (Wildman–Crippen MR) is 118 cm³/mol. The number of benzene rings is 3. The highest BCUT2D eigenvalue weighted by Gasteiger charge is 2.22. The van der Waals surface area contributed by atoms with E-state index in [4.69, 9.17) is 0 Å². The summed E-state index contributed by atoms with van der Waals surface area (Å²) in [5.41, 5.74) is 3.18. The van der Waals surface area contributed by atoms with Crippen LogP contribution in [0, 0.1) is 0 Å². The van der Waals surface area contributed by atoms with Gasteiger partial charge in [-0.15, -0.1) is 0 Å². The lowest BCUT2D eigenvalue weighted by Crippen LogP contribution is -2.48. The Labute approximate surface area is 176 Å². The van der Waals surface area contributed by atoms with E-state index in [0.29, 0.717) is 24.2 Å². The number of hydrogen-bond acceptors (Lipinski definition) is 3. The number of rotatable bonds is 5. The summed E-state index contributed by atoms with van der Waals surface area (Å²) in [5, 5.41) is 2.86. The first-order chi connectivity index (χ1) is 14.7. The molecule has 152 valence electrons. The van der Waals surface area contributed by atoms with Crippen molar-refractivity contribution in [1.82, 2.24) is 9.80 Å². The van der Waals surface area contributed by atoms with Crippen molar-refractivity contribution in [2.45, 2.75) is 6.54 Å². The first-order valence-corrected chi connectivity index (χ1v) is 10.2. The van der Waals surface area contributed by atoms with Gasteiger partial charge in [0.25, 0.3) is 11.8 Å². The van der Waals surface area contributed by atoms with Crippen LogP contribution >= 0.6 is 0 Å². The zero-order chi connectivity index (χ0) is 20.8. The maximum Gasteiger partial charge on any atom is 0.255 e. The summed E-state index contributed by atoms with van der Waals surface area (Å²) in [6, 6.07) is 26.6. The number of nitrogens with one attached hydrogen (secondary N) is 1. The van der Waals surface area contributed by atoms with Crippen molar-refractivity contribution in [3.05, 3.63) is 102 Å². The molecular formula is C25H25N3O2. The standard InChI is InChI=1S/C25H25N3O2/c29-24(26-23-9-5-2-6-10-23)21-11-13-22(14-12-21)25(30)28-17-15-27(16-18-28)19-20-7-3-1-4-8-20/h1-14H,15-19H2,(H,26,29). The fourth-order valence-corrected chi connectivity index (χ4v) is 3.62. The number of carbonyl (C=O) groups excluding carboxylic acids is 2. The van der Waals surface area contributed by atoms with Gasteiger partial charge in [-0.25, -0.2) is 0 Å². The second-order valence-electron chi connectivity index (χ2n) is 7.45. The average Bonchev–Trinajstić information content (AvgIpc) is 2.80. The summed E-state index contributed by atoms with van der Waals surface area (Å²) in [4.78, 5) is 29.5. The van der Waals surface area contributed by atoms with Crippen LogP contribution in [0.15, 0.2) is 84.9 Å². The Morgan fingerprint density at radius 3 is 1.90 bits per heavy atom. The summed E-state index contributed by atoms with van der Waals surface area (Å²) in [7, 11) is 0. The Hall–Kier alpha value is -3.44. The number of carbonyl (C=O) groups is 2. The first kappa shape index (κ1) is 19.9. The van der Waals surface area contributed by atoms with Crippen LogP contribution in [-0.2, 0) is 6.54 Å². The smallest absolute Gasteiger partial charge is 0.255 e. The highest BCUT2D eigenvalue weighted by atomic mass is 16.2. The molecule has 4 rings (SSSR count). The number of amides is 2. The van der Waals surface area contributed by atoms with E-state index < -0.39 is 0 Å². The number of para-hydroxylation sites is 1. The van der Waals surface area contributed by atoms with E-state index in [1.807, 2.05) is 41.3 Å².